The van der Waals surface area contributed by atoms with E-state index in [4.69, 9.17) is 14.2 Å². The molecule has 3 atom stereocenters. The molecule has 3 heteroatoms. The molecule has 0 heterocycles. The second kappa shape index (κ2) is 10.7. The molecule has 1 saturated carbocycles. The summed E-state index contributed by atoms with van der Waals surface area (Å²) in [5, 5.41) is 0. The van der Waals surface area contributed by atoms with Crippen molar-refractivity contribution in [2.45, 2.75) is 65.3 Å². The van der Waals surface area contributed by atoms with Crippen LogP contribution in [0, 0.1) is 17.8 Å². The van der Waals surface area contributed by atoms with Crippen LogP contribution in [0.4, 0.5) is 0 Å². The van der Waals surface area contributed by atoms with E-state index >= 15 is 0 Å². The Labute approximate surface area is 159 Å². The van der Waals surface area contributed by atoms with Gasteiger partial charge in [0, 0.05) is 12.5 Å². The predicted molar refractivity (Wildman–Crippen MR) is 107 cm³/mol. The molecule has 146 valence electrons. The molecule has 0 radical (unpaired) electrons. The average molecular weight is 361 g/mol. The topological polar surface area (TPSA) is 27.7 Å². The lowest BCUT2D eigenvalue weighted by Crippen LogP contribution is -2.36. The molecule has 0 aromatic heterocycles. The molecule has 3 nitrogen and oxygen atoms in total. The Balaban J connectivity index is 1.93. The zero-order chi connectivity index (χ0) is 18.9. The van der Waals surface area contributed by atoms with Crippen LogP contribution in [0.15, 0.2) is 36.9 Å². The molecule has 0 N–H and O–H groups in total. The van der Waals surface area contributed by atoms with Crippen LogP contribution in [-0.4, -0.2) is 25.9 Å². The molecule has 0 unspecified atom stereocenters. The summed E-state index contributed by atoms with van der Waals surface area (Å²) in [5.74, 6) is 2.65. The van der Waals surface area contributed by atoms with Crippen LogP contribution >= 0.6 is 0 Å². The molecule has 0 saturated heterocycles. The maximum absolute atomic E-state index is 6.32. The van der Waals surface area contributed by atoms with Crippen LogP contribution in [0.2, 0.25) is 0 Å². The summed E-state index contributed by atoms with van der Waals surface area (Å²) >= 11 is 0. The monoisotopic (exact) mass is 360 g/mol. The second-order valence-electron chi connectivity index (χ2n) is 7.98. The Morgan fingerprint density at radius 1 is 1.08 bits per heavy atom. The van der Waals surface area contributed by atoms with Gasteiger partial charge in [0.2, 0.25) is 0 Å². The number of benzene rings is 1. The van der Waals surface area contributed by atoms with Crippen molar-refractivity contribution < 1.29 is 14.2 Å². The van der Waals surface area contributed by atoms with Gasteiger partial charge in [0.05, 0.1) is 25.9 Å². The lowest BCUT2D eigenvalue weighted by molar-refractivity contribution is -0.0921. The smallest absolute Gasteiger partial charge is 0.118 e. The average Bonchev–Trinajstić information content (AvgIpc) is 3.47. The minimum atomic E-state index is 0.0333. The minimum absolute atomic E-state index is 0.0333. The van der Waals surface area contributed by atoms with E-state index < -0.39 is 0 Å². The molecule has 2 rings (SSSR count). The van der Waals surface area contributed by atoms with Crippen LogP contribution in [0.5, 0.6) is 5.75 Å². The third-order valence-corrected chi connectivity index (χ3v) is 5.16. The Hall–Kier alpha value is -1.32. The number of hydrogen-bond acceptors (Lipinski definition) is 3. The van der Waals surface area contributed by atoms with Crippen molar-refractivity contribution in [2.75, 3.05) is 13.7 Å². The van der Waals surface area contributed by atoms with E-state index in [9.17, 15) is 0 Å². The molecule has 0 aliphatic heterocycles. The van der Waals surface area contributed by atoms with E-state index in [1.165, 1.54) is 19.3 Å². The van der Waals surface area contributed by atoms with E-state index in [0.29, 0.717) is 18.4 Å². The number of methoxy groups -OCH3 is 1. The Kier molecular flexibility index (Phi) is 8.67. The van der Waals surface area contributed by atoms with Crippen molar-refractivity contribution in [1.29, 1.82) is 0 Å². The Morgan fingerprint density at radius 3 is 2.31 bits per heavy atom. The summed E-state index contributed by atoms with van der Waals surface area (Å²) in [5.41, 5.74) is 1.15. The SMILES string of the molecule is C=C[C@H](CCC(C)C)[C@H](OCC1CC1)[C@H](C)OCc1ccc(OC)cc1. The largest absolute Gasteiger partial charge is 0.497 e. The Morgan fingerprint density at radius 2 is 1.77 bits per heavy atom. The van der Waals surface area contributed by atoms with Crippen LogP contribution in [-0.2, 0) is 16.1 Å². The molecule has 1 aromatic rings. The van der Waals surface area contributed by atoms with Crippen LogP contribution in [0.3, 0.4) is 0 Å². The molecule has 0 spiro atoms. The van der Waals surface area contributed by atoms with Crippen molar-refractivity contribution in [3.63, 3.8) is 0 Å². The molecule has 0 bridgehead atoms. The van der Waals surface area contributed by atoms with E-state index in [1.54, 1.807) is 7.11 Å². The van der Waals surface area contributed by atoms with Gasteiger partial charge in [-0.05, 0) is 55.7 Å². The maximum Gasteiger partial charge on any atom is 0.118 e. The summed E-state index contributed by atoms with van der Waals surface area (Å²) in [7, 11) is 1.68. The normalized spacial score (nSPS) is 17.7. The van der Waals surface area contributed by atoms with Gasteiger partial charge in [-0.2, -0.15) is 0 Å². The molecular formula is C23H36O3. The molecule has 0 amide bonds. The number of hydrogen-bond donors (Lipinski definition) is 0. The van der Waals surface area contributed by atoms with Gasteiger partial charge in [-0.25, -0.2) is 0 Å². The fraction of sp³-hybridized carbons (Fsp3) is 0.652. The highest BCUT2D eigenvalue weighted by Gasteiger charge is 2.30. The molecule has 1 aliphatic rings. The minimum Gasteiger partial charge on any atom is -0.497 e. The van der Waals surface area contributed by atoms with Gasteiger partial charge in [0.25, 0.3) is 0 Å². The summed E-state index contributed by atoms with van der Waals surface area (Å²) in [6.07, 6.45) is 7.07. The van der Waals surface area contributed by atoms with Crippen LogP contribution in [0.25, 0.3) is 0 Å². The van der Waals surface area contributed by atoms with E-state index in [0.717, 1.165) is 30.3 Å². The highest BCUT2D eigenvalue weighted by atomic mass is 16.5. The first-order valence-electron chi connectivity index (χ1n) is 10.0. The van der Waals surface area contributed by atoms with Gasteiger partial charge >= 0.3 is 0 Å². The zero-order valence-electron chi connectivity index (χ0n) is 16.9. The van der Waals surface area contributed by atoms with E-state index in [1.807, 2.05) is 12.1 Å². The fourth-order valence-electron chi connectivity index (χ4n) is 3.13. The van der Waals surface area contributed by atoms with Crippen molar-refractivity contribution in [2.24, 2.45) is 17.8 Å². The highest BCUT2D eigenvalue weighted by Crippen LogP contribution is 2.31. The third kappa shape index (κ3) is 7.13. The molecule has 1 aliphatic carbocycles. The third-order valence-electron chi connectivity index (χ3n) is 5.16. The summed E-state index contributed by atoms with van der Waals surface area (Å²) in [6, 6.07) is 8.05. The predicted octanol–water partition coefficient (Wildman–Crippen LogP) is 5.63. The molecule has 1 fully saturated rings. The van der Waals surface area contributed by atoms with Gasteiger partial charge in [-0.15, -0.1) is 6.58 Å². The standard InChI is InChI=1S/C23H36O3/c1-6-21(12-7-17(2)3)23(26-16-19-8-9-19)18(4)25-15-20-10-13-22(24-5)14-11-20/h6,10-11,13-14,17-19,21,23H,1,7-9,12,15-16H2,2-5H3/t18-,21+,23+/m0/s1. The van der Waals surface area contributed by atoms with E-state index in [2.05, 4.69) is 45.6 Å². The fourth-order valence-corrected chi connectivity index (χ4v) is 3.13. The van der Waals surface area contributed by atoms with Gasteiger partial charge in [-0.3, -0.25) is 0 Å². The van der Waals surface area contributed by atoms with Gasteiger partial charge in [-0.1, -0.05) is 38.5 Å². The summed E-state index contributed by atoms with van der Waals surface area (Å²) in [6.45, 7) is 12.2. The zero-order valence-corrected chi connectivity index (χ0v) is 16.9. The van der Waals surface area contributed by atoms with Gasteiger partial charge < -0.3 is 14.2 Å². The first-order chi connectivity index (χ1) is 12.5. The lowest BCUT2D eigenvalue weighted by Gasteiger charge is -2.31. The van der Waals surface area contributed by atoms with Crippen molar-refractivity contribution in [1.82, 2.24) is 0 Å². The van der Waals surface area contributed by atoms with E-state index in [-0.39, 0.29) is 12.2 Å². The molecular weight excluding hydrogens is 324 g/mol. The van der Waals surface area contributed by atoms with Crippen LogP contribution in [0.1, 0.15) is 52.0 Å². The first kappa shape index (κ1) is 21.0. The maximum atomic E-state index is 6.32. The van der Waals surface area contributed by atoms with Crippen molar-refractivity contribution in [3.8, 4) is 5.75 Å². The number of rotatable bonds is 13. The van der Waals surface area contributed by atoms with Crippen molar-refractivity contribution >= 4 is 0 Å². The first-order valence-corrected chi connectivity index (χ1v) is 10.0. The Bertz CT molecular complexity index is 519. The lowest BCUT2D eigenvalue weighted by atomic mass is 9.90. The highest BCUT2D eigenvalue weighted by molar-refractivity contribution is 5.26. The van der Waals surface area contributed by atoms with Crippen LogP contribution < -0.4 is 4.74 Å². The molecule has 26 heavy (non-hydrogen) atoms. The molecule has 1 aromatic carbocycles. The van der Waals surface area contributed by atoms with Gasteiger partial charge in [0.1, 0.15) is 5.75 Å². The second-order valence-corrected chi connectivity index (χ2v) is 7.98. The van der Waals surface area contributed by atoms with Gasteiger partial charge in [0.15, 0.2) is 0 Å². The summed E-state index contributed by atoms with van der Waals surface area (Å²) < 4.78 is 17.7. The van der Waals surface area contributed by atoms with Crippen molar-refractivity contribution in [3.05, 3.63) is 42.5 Å². The number of ether oxygens (including phenoxy) is 3. The quantitative estimate of drug-likeness (QED) is 0.426. The summed E-state index contributed by atoms with van der Waals surface area (Å²) in [4.78, 5) is 0.